The number of sulfone groups is 1. The number of sulfonamides is 1. The summed E-state index contributed by atoms with van der Waals surface area (Å²) in [4.78, 5) is 2.29. The van der Waals surface area contributed by atoms with Gasteiger partial charge >= 0.3 is 0 Å². The molecule has 0 bridgehead atoms. The maximum absolute atomic E-state index is 12.9. The summed E-state index contributed by atoms with van der Waals surface area (Å²) in [6.45, 7) is 2.66. The van der Waals surface area contributed by atoms with Crippen molar-refractivity contribution in [3.05, 3.63) is 18.2 Å². The highest BCUT2D eigenvalue weighted by Crippen LogP contribution is 2.33. The summed E-state index contributed by atoms with van der Waals surface area (Å²) < 4.78 is 61.5. The predicted octanol–water partition coefficient (Wildman–Crippen LogP) is -0.0488. The van der Waals surface area contributed by atoms with Gasteiger partial charge in [0.25, 0.3) is 0 Å². The van der Waals surface area contributed by atoms with E-state index in [-0.39, 0.29) is 22.4 Å². The quantitative estimate of drug-likeness (QED) is 0.700. The number of nitrogens with zero attached hydrogens (tertiary/aromatic N) is 2. The molecule has 10 heteroatoms. The van der Waals surface area contributed by atoms with E-state index in [9.17, 15) is 16.8 Å². The molecule has 0 unspecified atom stereocenters. The van der Waals surface area contributed by atoms with Crippen molar-refractivity contribution in [2.45, 2.75) is 17.4 Å². The van der Waals surface area contributed by atoms with Gasteiger partial charge in [-0.2, -0.15) is 4.31 Å². The molecule has 2 fully saturated rings. The van der Waals surface area contributed by atoms with Crippen LogP contribution in [-0.2, 0) is 19.9 Å². The van der Waals surface area contributed by atoms with Gasteiger partial charge in [-0.3, -0.25) is 4.90 Å². The van der Waals surface area contributed by atoms with Crippen molar-refractivity contribution in [2.24, 2.45) is 0 Å². The van der Waals surface area contributed by atoms with Crippen molar-refractivity contribution < 1.29 is 26.3 Å². The number of fused-ring (bicyclic) bond motifs is 1. The van der Waals surface area contributed by atoms with Crippen molar-refractivity contribution in [3.63, 3.8) is 0 Å². The molecule has 0 N–H and O–H groups in total. The van der Waals surface area contributed by atoms with Crippen LogP contribution in [0.4, 0.5) is 0 Å². The number of benzene rings is 1. The molecule has 0 aliphatic carbocycles. The Hall–Kier alpha value is -1.36. The molecule has 4 rings (SSSR count). The second-order valence-corrected chi connectivity index (χ2v) is 11.0. The summed E-state index contributed by atoms with van der Waals surface area (Å²) in [5.41, 5.74) is 0. The lowest BCUT2D eigenvalue weighted by molar-refractivity contribution is 0.148. The van der Waals surface area contributed by atoms with Crippen LogP contribution >= 0.6 is 0 Å². The summed E-state index contributed by atoms with van der Waals surface area (Å²) in [5, 5.41) is 0. The first-order chi connectivity index (χ1) is 12.4. The van der Waals surface area contributed by atoms with Crippen LogP contribution in [0.1, 0.15) is 6.42 Å². The van der Waals surface area contributed by atoms with Crippen LogP contribution < -0.4 is 9.47 Å². The van der Waals surface area contributed by atoms with Gasteiger partial charge in [0.1, 0.15) is 13.2 Å². The first kappa shape index (κ1) is 18.0. The van der Waals surface area contributed by atoms with Gasteiger partial charge in [0.05, 0.1) is 16.4 Å². The van der Waals surface area contributed by atoms with Gasteiger partial charge in [-0.05, 0) is 18.6 Å². The number of rotatable bonds is 3. The van der Waals surface area contributed by atoms with Gasteiger partial charge < -0.3 is 9.47 Å². The fraction of sp³-hybridized carbons (Fsp3) is 0.625. The summed E-state index contributed by atoms with van der Waals surface area (Å²) in [6, 6.07) is 4.69. The average molecular weight is 402 g/mol. The lowest BCUT2D eigenvalue weighted by Gasteiger charge is -2.37. The first-order valence-electron chi connectivity index (χ1n) is 8.69. The van der Waals surface area contributed by atoms with Crippen LogP contribution in [0, 0.1) is 0 Å². The highest BCUT2D eigenvalue weighted by molar-refractivity contribution is 7.91. The molecule has 0 saturated carbocycles. The topological polar surface area (TPSA) is 93.2 Å². The fourth-order valence-electron chi connectivity index (χ4n) is 3.71. The Morgan fingerprint density at radius 1 is 1.00 bits per heavy atom. The Labute approximate surface area is 153 Å². The van der Waals surface area contributed by atoms with Gasteiger partial charge in [0, 0.05) is 38.3 Å². The van der Waals surface area contributed by atoms with Gasteiger partial charge in [0.15, 0.2) is 21.3 Å². The molecule has 0 spiro atoms. The lowest BCUT2D eigenvalue weighted by Crippen LogP contribution is -2.52. The van der Waals surface area contributed by atoms with E-state index in [1.54, 1.807) is 12.1 Å². The number of hydrogen-bond donors (Lipinski definition) is 0. The molecule has 8 nitrogen and oxygen atoms in total. The monoisotopic (exact) mass is 402 g/mol. The van der Waals surface area contributed by atoms with Crippen molar-refractivity contribution in [2.75, 3.05) is 50.9 Å². The van der Waals surface area contributed by atoms with Crippen LogP contribution in [0.5, 0.6) is 11.5 Å². The predicted molar refractivity (Wildman–Crippen MR) is 94.8 cm³/mol. The maximum Gasteiger partial charge on any atom is 0.243 e. The largest absolute Gasteiger partial charge is 0.486 e. The zero-order valence-corrected chi connectivity index (χ0v) is 16.0. The summed E-state index contributed by atoms with van der Waals surface area (Å²) in [6.07, 6.45) is 0.636. The fourth-order valence-corrected chi connectivity index (χ4v) is 6.91. The molecule has 3 heterocycles. The molecular formula is C16H22N2O6S2. The molecule has 0 amide bonds. The van der Waals surface area contributed by atoms with E-state index < -0.39 is 19.9 Å². The van der Waals surface area contributed by atoms with Crippen LogP contribution in [0.3, 0.4) is 0 Å². The second kappa shape index (κ2) is 6.66. The molecule has 26 heavy (non-hydrogen) atoms. The normalized spacial score (nSPS) is 26.7. The van der Waals surface area contributed by atoms with Crippen molar-refractivity contribution >= 4 is 19.9 Å². The van der Waals surface area contributed by atoms with Crippen molar-refractivity contribution in [1.82, 2.24) is 9.21 Å². The average Bonchev–Trinajstić information content (AvgIpc) is 3.01. The Morgan fingerprint density at radius 3 is 2.35 bits per heavy atom. The van der Waals surface area contributed by atoms with Crippen LogP contribution in [0.25, 0.3) is 0 Å². The molecule has 0 radical (unpaired) electrons. The first-order valence-corrected chi connectivity index (χ1v) is 12.0. The van der Waals surface area contributed by atoms with E-state index in [2.05, 4.69) is 4.90 Å². The summed E-state index contributed by atoms with van der Waals surface area (Å²) in [5.74, 6) is 1.42. The molecule has 0 aromatic heterocycles. The minimum absolute atomic E-state index is 0.0131. The summed E-state index contributed by atoms with van der Waals surface area (Å²) >= 11 is 0. The van der Waals surface area contributed by atoms with E-state index >= 15 is 0 Å². The highest BCUT2D eigenvalue weighted by atomic mass is 32.2. The van der Waals surface area contributed by atoms with Crippen molar-refractivity contribution in [3.8, 4) is 11.5 Å². The van der Waals surface area contributed by atoms with Crippen molar-refractivity contribution in [1.29, 1.82) is 0 Å². The zero-order chi connectivity index (χ0) is 18.4. The third-order valence-electron chi connectivity index (χ3n) is 5.15. The van der Waals surface area contributed by atoms with Crippen LogP contribution in [0.15, 0.2) is 23.1 Å². The van der Waals surface area contributed by atoms with Gasteiger partial charge in [-0.1, -0.05) is 0 Å². The summed E-state index contributed by atoms with van der Waals surface area (Å²) in [7, 11) is -6.55. The van der Waals surface area contributed by atoms with E-state index in [0.29, 0.717) is 57.3 Å². The van der Waals surface area contributed by atoms with Gasteiger partial charge in [0.2, 0.25) is 10.0 Å². The molecule has 1 aromatic carbocycles. The number of piperazine rings is 1. The lowest BCUT2D eigenvalue weighted by atomic mass is 10.2. The smallest absolute Gasteiger partial charge is 0.243 e. The molecule has 2 saturated heterocycles. The van der Waals surface area contributed by atoms with Gasteiger partial charge in [-0.25, -0.2) is 16.8 Å². The molecular weight excluding hydrogens is 380 g/mol. The highest BCUT2D eigenvalue weighted by Gasteiger charge is 2.36. The zero-order valence-electron chi connectivity index (χ0n) is 14.3. The SMILES string of the molecule is O=S1(=O)CC[C@@H](N2CCN(S(=O)(=O)c3ccc4c(c3)OCCO4)CC2)C1. The minimum atomic E-state index is -3.61. The maximum atomic E-state index is 12.9. The third kappa shape index (κ3) is 3.42. The van der Waals surface area contributed by atoms with Gasteiger partial charge in [-0.15, -0.1) is 0 Å². The molecule has 1 atom stereocenters. The standard InChI is InChI=1S/C16H22N2O6S2/c19-25(20)10-3-13(12-25)17-4-6-18(7-5-17)26(21,22)14-1-2-15-16(11-14)24-9-8-23-15/h1-2,11,13H,3-10,12H2/t13-/m1/s1. The van der Waals surface area contributed by atoms with E-state index in [0.717, 1.165) is 0 Å². The van der Waals surface area contributed by atoms with E-state index in [1.165, 1.54) is 10.4 Å². The Balaban J connectivity index is 1.45. The van der Waals surface area contributed by atoms with Crippen LogP contribution in [0.2, 0.25) is 0 Å². The Kier molecular flexibility index (Phi) is 4.62. The number of hydrogen-bond acceptors (Lipinski definition) is 7. The van der Waals surface area contributed by atoms with Crippen LogP contribution in [-0.4, -0.2) is 83.0 Å². The molecule has 3 aliphatic heterocycles. The molecule has 1 aromatic rings. The molecule has 144 valence electrons. The Morgan fingerprint density at radius 2 is 1.69 bits per heavy atom. The third-order valence-corrected chi connectivity index (χ3v) is 8.79. The second-order valence-electron chi connectivity index (χ2n) is 6.80. The van der Waals surface area contributed by atoms with E-state index in [1.807, 2.05) is 0 Å². The number of ether oxygens (including phenoxy) is 2. The minimum Gasteiger partial charge on any atom is -0.486 e. The van der Waals surface area contributed by atoms with E-state index in [4.69, 9.17) is 9.47 Å². The molecule has 3 aliphatic rings. The Bertz CT molecular complexity index is 891.